The molecule has 2 aromatic heterocycles. The number of anilines is 1. The van der Waals surface area contributed by atoms with Gasteiger partial charge in [0.25, 0.3) is 0 Å². The van der Waals surface area contributed by atoms with Gasteiger partial charge in [0, 0.05) is 18.5 Å². The highest BCUT2D eigenvalue weighted by molar-refractivity contribution is 5.89. The van der Waals surface area contributed by atoms with Gasteiger partial charge in [0.2, 0.25) is 5.91 Å². The van der Waals surface area contributed by atoms with Crippen molar-refractivity contribution < 1.29 is 22.4 Å². The van der Waals surface area contributed by atoms with Crippen LogP contribution in [0, 0.1) is 5.82 Å². The Balaban J connectivity index is 1.58. The molecule has 0 radical (unpaired) electrons. The van der Waals surface area contributed by atoms with Gasteiger partial charge in [-0.2, -0.15) is 23.4 Å². The van der Waals surface area contributed by atoms with Crippen LogP contribution in [0.3, 0.4) is 0 Å². The first kappa shape index (κ1) is 17.6. The normalized spacial score (nSPS) is 11.5. The van der Waals surface area contributed by atoms with Gasteiger partial charge < -0.3 is 5.32 Å². The lowest BCUT2D eigenvalue weighted by molar-refractivity contribution is -0.141. The number of amides is 1. The third kappa shape index (κ3) is 4.47. The van der Waals surface area contributed by atoms with E-state index >= 15 is 0 Å². The second-order valence-corrected chi connectivity index (χ2v) is 5.47. The summed E-state index contributed by atoms with van der Waals surface area (Å²) in [5.74, 6) is -0.701. The Bertz CT molecular complexity index is 915. The number of nitrogens with one attached hydrogen (secondary N) is 1. The monoisotopic (exact) mass is 367 g/mol. The summed E-state index contributed by atoms with van der Waals surface area (Å²) in [6, 6.07) is 8.34. The molecule has 0 aliphatic rings. The Labute approximate surface area is 145 Å². The highest BCUT2D eigenvalue weighted by Gasteiger charge is 2.33. The molecule has 6 nitrogen and oxygen atoms in total. The molecule has 136 valence electrons. The van der Waals surface area contributed by atoms with E-state index in [9.17, 15) is 22.4 Å². The maximum atomic E-state index is 13.2. The van der Waals surface area contributed by atoms with Crippen molar-refractivity contribution in [3.05, 3.63) is 65.9 Å². The molecule has 0 aliphatic heterocycles. The van der Waals surface area contributed by atoms with Crippen molar-refractivity contribution in [3.8, 4) is 0 Å². The molecule has 0 fully saturated rings. The first-order chi connectivity index (χ1) is 12.3. The largest absolute Gasteiger partial charge is 0.435 e. The SMILES string of the molecule is O=C(Cn1ccc(C(F)(F)F)n1)Nc1ccn(Cc2cccc(F)c2)n1. The van der Waals surface area contributed by atoms with Crippen LogP contribution >= 0.6 is 0 Å². The topological polar surface area (TPSA) is 64.7 Å². The first-order valence-electron chi connectivity index (χ1n) is 7.48. The number of carbonyl (C=O) groups excluding carboxylic acids is 1. The highest BCUT2D eigenvalue weighted by atomic mass is 19.4. The molecule has 1 N–H and O–H groups in total. The molecule has 0 saturated carbocycles. The van der Waals surface area contributed by atoms with Crippen LogP contribution in [-0.2, 0) is 24.1 Å². The number of hydrogen-bond acceptors (Lipinski definition) is 3. The van der Waals surface area contributed by atoms with E-state index in [-0.39, 0.29) is 18.2 Å². The molecule has 0 aliphatic carbocycles. The number of halogens is 4. The number of rotatable bonds is 5. The number of alkyl halides is 3. The second kappa shape index (κ2) is 6.98. The minimum Gasteiger partial charge on any atom is -0.308 e. The lowest BCUT2D eigenvalue weighted by Gasteiger charge is -2.04. The summed E-state index contributed by atoms with van der Waals surface area (Å²) in [6.07, 6.45) is -1.89. The van der Waals surface area contributed by atoms with E-state index in [1.165, 1.54) is 22.9 Å². The van der Waals surface area contributed by atoms with E-state index in [1.807, 2.05) is 0 Å². The molecule has 10 heteroatoms. The minimum atomic E-state index is -4.56. The van der Waals surface area contributed by atoms with Crippen LogP contribution < -0.4 is 5.32 Å². The molecule has 1 amide bonds. The average Bonchev–Trinajstić information content (AvgIpc) is 3.16. The molecule has 1 aromatic carbocycles. The summed E-state index contributed by atoms with van der Waals surface area (Å²) in [4.78, 5) is 11.9. The highest BCUT2D eigenvalue weighted by Crippen LogP contribution is 2.27. The van der Waals surface area contributed by atoms with Gasteiger partial charge in [0.15, 0.2) is 11.5 Å². The van der Waals surface area contributed by atoms with Gasteiger partial charge in [-0.15, -0.1) is 0 Å². The predicted molar refractivity (Wildman–Crippen MR) is 83.6 cm³/mol. The zero-order valence-corrected chi connectivity index (χ0v) is 13.2. The van der Waals surface area contributed by atoms with Crippen LogP contribution in [0.1, 0.15) is 11.3 Å². The Morgan fingerprint density at radius 2 is 1.85 bits per heavy atom. The van der Waals surface area contributed by atoms with Crippen LogP contribution in [0.5, 0.6) is 0 Å². The molecule has 0 bridgehead atoms. The fraction of sp³-hybridized carbons (Fsp3) is 0.188. The van der Waals surface area contributed by atoms with Crippen LogP contribution in [0.4, 0.5) is 23.4 Å². The van der Waals surface area contributed by atoms with Crippen LogP contribution in [0.25, 0.3) is 0 Å². The van der Waals surface area contributed by atoms with Crippen molar-refractivity contribution in [3.63, 3.8) is 0 Å². The van der Waals surface area contributed by atoms with E-state index < -0.39 is 17.8 Å². The van der Waals surface area contributed by atoms with Gasteiger partial charge in [-0.25, -0.2) is 4.39 Å². The summed E-state index contributed by atoms with van der Waals surface area (Å²) in [5, 5.41) is 9.88. The quantitative estimate of drug-likeness (QED) is 0.706. The van der Waals surface area contributed by atoms with Crippen molar-refractivity contribution >= 4 is 11.7 Å². The molecule has 0 atom stereocenters. The number of carbonyl (C=O) groups is 1. The Morgan fingerprint density at radius 1 is 1.08 bits per heavy atom. The maximum Gasteiger partial charge on any atom is 0.435 e. The van der Waals surface area contributed by atoms with E-state index in [2.05, 4.69) is 15.5 Å². The lowest BCUT2D eigenvalue weighted by atomic mass is 10.2. The second-order valence-electron chi connectivity index (χ2n) is 5.47. The summed E-state index contributed by atoms with van der Waals surface area (Å²) in [6.45, 7) is -0.0748. The third-order valence-corrected chi connectivity index (χ3v) is 3.38. The molecular weight excluding hydrogens is 354 g/mol. The number of aromatic nitrogens is 4. The number of hydrogen-bond donors (Lipinski definition) is 1. The van der Waals surface area contributed by atoms with Crippen LogP contribution in [-0.4, -0.2) is 25.5 Å². The molecule has 0 unspecified atom stereocenters. The van der Waals surface area contributed by atoms with Gasteiger partial charge in [0.1, 0.15) is 12.4 Å². The summed E-state index contributed by atoms with van der Waals surface area (Å²) in [7, 11) is 0. The van der Waals surface area contributed by atoms with Gasteiger partial charge in [-0.3, -0.25) is 14.2 Å². The predicted octanol–water partition coefficient (Wildman–Crippen LogP) is 2.92. The average molecular weight is 367 g/mol. The smallest absolute Gasteiger partial charge is 0.308 e. The van der Waals surface area contributed by atoms with E-state index in [1.54, 1.807) is 18.3 Å². The number of benzene rings is 1. The molecule has 0 spiro atoms. The van der Waals surface area contributed by atoms with Gasteiger partial charge >= 0.3 is 6.18 Å². The van der Waals surface area contributed by atoms with Crippen molar-refractivity contribution in [2.24, 2.45) is 0 Å². The van der Waals surface area contributed by atoms with Gasteiger partial charge in [0.05, 0.1) is 6.54 Å². The molecule has 3 rings (SSSR count). The van der Waals surface area contributed by atoms with Crippen molar-refractivity contribution in [1.82, 2.24) is 19.6 Å². The van der Waals surface area contributed by atoms with E-state index in [4.69, 9.17) is 0 Å². The Kier molecular flexibility index (Phi) is 4.74. The van der Waals surface area contributed by atoms with Crippen LogP contribution in [0.2, 0.25) is 0 Å². The fourth-order valence-corrected chi connectivity index (χ4v) is 2.27. The molecule has 0 saturated heterocycles. The van der Waals surface area contributed by atoms with E-state index in [0.29, 0.717) is 12.1 Å². The third-order valence-electron chi connectivity index (χ3n) is 3.38. The summed E-state index contributed by atoms with van der Waals surface area (Å²) in [5.41, 5.74) is -0.369. The van der Waals surface area contributed by atoms with Gasteiger partial charge in [-0.1, -0.05) is 12.1 Å². The molecular formula is C16H13F4N5O. The zero-order valence-electron chi connectivity index (χ0n) is 13.2. The Hall–Kier alpha value is -3.17. The lowest BCUT2D eigenvalue weighted by Crippen LogP contribution is -2.20. The zero-order chi connectivity index (χ0) is 18.7. The summed E-state index contributed by atoms with van der Waals surface area (Å²) < 4.78 is 53.0. The van der Waals surface area contributed by atoms with Crippen molar-refractivity contribution in [1.29, 1.82) is 0 Å². The van der Waals surface area contributed by atoms with E-state index in [0.717, 1.165) is 16.9 Å². The van der Waals surface area contributed by atoms with Crippen LogP contribution in [0.15, 0.2) is 48.8 Å². The fourth-order valence-electron chi connectivity index (χ4n) is 2.27. The molecule has 2 heterocycles. The number of nitrogens with zero attached hydrogens (tertiary/aromatic N) is 4. The van der Waals surface area contributed by atoms with Gasteiger partial charge in [-0.05, 0) is 23.8 Å². The van der Waals surface area contributed by atoms with Crippen molar-refractivity contribution in [2.75, 3.05) is 5.32 Å². The molecule has 26 heavy (non-hydrogen) atoms. The first-order valence-corrected chi connectivity index (χ1v) is 7.48. The Morgan fingerprint density at radius 3 is 2.54 bits per heavy atom. The van der Waals surface area contributed by atoms with Crippen molar-refractivity contribution in [2.45, 2.75) is 19.3 Å². The minimum absolute atomic E-state index is 0.231. The maximum absolute atomic E-state index is 13.2. The molecule has 3 aromatic rings. The summed E-state index contributed by atoms with van der Waals surface area (Å²) >= 11 is 0. The standard InChI is InChI=1S/C16H13F4N5O/c17-12-3-1-2-11(8-12)9-24-7-5-14(23-24)21-15(26)10-25-6-4-13(22-25)16(18,19)20/h1-8H,9-10H2,(H,21,23,26).